The summed E-state index contributed by atoms with van der Waals surface area (Å²) in [6.07, 6.45) is 2.78. The molecule has 3 fully saturated rings. The number of hydrogen-bond acceptors (Lipinski definition) is 4. The Morgan fingerprint density at radius 1 is 1.41 bits per heavy atom. The fraction of sp³-hybridized carbons (Fsp3) is 0.619. The normalized spacial score (nSPS) is 31.1. The Kier molecular flexibility index (Phi) is 4.62. The molecular formula is C21H28N2O4. The van der Waals surface area contributed by atoms with Crippen molar-refractivity contribution in [1.29, 1.82) is 0 Å². The van der Waals surface area contributed by atoms with E-state index < -0.39 is 0 Å². The predicted octanol–water partition coefficient (Wildman–Crippen LogP) is 2.15. The van der Waals surface area contributed by atoms with Gasteiger partial charge in [0.25, 0.3) is 5.91 Å². The molecule has 0 aromatic heterocycles. The zero-order chi connectivity index (χ0) is 19.2. The zero-order valence-electron chi connectivity index (χ0n) is 16.3. The van der Waals surface area contributed by atoms with Crippen molar-refractivity contribution in [3.05, 3.63) is 29.3 Å². The van der Waals surface area contributed by atoms with Gasteiger partial charge in [0.15, 0.2) is 0 Å². The minimum atomic E-state index is -0.179. The number of rotatable bonds is 5. The van der Waals surface area contributed by atoms with Gasteiger partial charge < -0.3 is 19.7 Å². The molecule has 0 unspecified atom stereocenters. The lowest BCUT2D eigenvalue weighted by Gasteiger charge is -2.29. The fourth-order valence-corrected chi connectivity index (χ4v) is 5.21. The largest absolute Gasteiger partial charge is 0.496 e. The third-order valence-electron chi connectivity index (χ3n) is 6.59. The topological polar surface area (TPSA) is 67.9 Å². The second kappa shape index (κ2) is 6.82. The molecule has 0 aliphatic carbocycles. The second-order valence-corrected chi connectivity index (χ2v) is 8.05. The van der Waals surface area contributed by atoms with Crippen molar-refractivity contribution in [1.82, 2.24) is 10.2 Å². The molecule has 3 heterocycles. The summed E-state index contributed by atoms with van der Waals surface area (Å²) in [5.41, 5.74) is 1.40. The number of nitrogens with one attached hydrogen (secondary N) is 1. The Bertz CT molecular complexity index is 765. The first kappa shape index (κ1) is 18.3. The molecule has 3 aliphatic rings. The number of methoxy groups -OCH3 is 1. The number of carbonyl (C=O) groups excluding carboxylic acids is 2. The van der Waals surface area contributed by atoms with E-state index in [1.807, 2.05) is 30.9 Å². The van der Waals surface area contributed by atoms with Crippen LogP contribution in [0.3, 0.4) is 0 Å². The number of nitrogens with zero attached hydrogens (tertiary/aromatic N) is 1. The van der Waals surface area contributed by atoms with E-state index in [0.717, 1.165) is 30.7 Å². The lowest BCUT2D eigenvalue weighted by Crippen LogP contribution is -2.41. The standard InChI is InChI=1S/C21H28N2O4/c1-4-19(24)23-11-16-15(18-7-8-21(16,12-23)27-18)10-22-20(25)14-5-6-17(26-3)13(2)9-14/h5-6,9,15-16,18H,4,7-8,10-12H2,1-3H3,(H,22,25)/t15-,16+,18+,21+/m0/s1. The molecule has 0 saturated carbocycles. The summed E-state index contributed by atoms with van der Waals surface area (Å²) in [6, 6.07) is 5.46. The Hall–Kier alpha value is -2.08. The quantitative estimate of drug-likeness (QED) is 0.860. The second-order valence-electron chi connectivity index (χ2n) is 8.05. The molecule has 27 heavy (non-hydrogen) atoms. The lowest BCUT2D eigenvalue weighted by molar-refractivity contribution is -0.131. The van der Waals surface area contributed by atoms with Crippen LogP contribution >= 0.6 is 0 Å². The number of amides is 2. The highest BCUT2D eigenvalue weighted by Crippen LogP contribution is 2.54. The van der Waals surface area contributed by atoms with Crippen LogP contribution in [0, 0.1) is 18.8 Å². The minimum absolute atomic E-state index is 0.0722. The van der Waals surface area contributed by atoms with Crippen LogP contribution in [0.1, 0.15) is 42.1 Å². The van der Waals surface area contributed by atoms with Gasteiger partial charge in [-0.1, -0.05) is 6.92 Å². The third kappa shape index (κ3) is 3.00. The molecule has 3 aliphatic heterocycles. The molecule has 4 atom stereocenters. The molecular weight excluding hydrogens is 344 g/mol. The molecule has 6 nitrogen and oxygen atoms in total. The molecule has 1 aromatic rings. The highest BCUT2D eigenvalue weighted by Gasteiger charge is 2.63. The summed E-state index contributed by atoms with van der Waals surface area (Å²) in [7, 11) is 1.63. The van der Waals surface area contributed by atoms with Crippen molar-refractivity contribution >= 4 is 11.8 Å². The van der Waals surface area contributed by atoms with Gasteiger partial charge in [0, 0.05) is 36.9 Å². The molecule has 6 heteroatoms. The van der Waals surface area contributed by atoms with E-state index in [1.165, 1.54) is 0 Å². The van der Waals surface area contributed by atoms with Crippen molar-refractivity contribution < 1.29 is 19.1 Å². The predicted molar refractivity (Wildman–Crippen MR) is 101 cm³/mol. The summed E-state index contributed by atoms with van der Waals surface area (Å²) in [4.78, 5) is 26.7. The SMILES string of the molecule is CCC(=O)N1C[C@@H]2[C@H](CNC(=O)c3ccc(OC)c(C)c3)[C@H]3CC[C@]2(C1)O3. The first-order valence-electron chi connectivity index (χ1n) is 9.86. The van der Waals surface area contributed by atoms with Crippen LogP contribution in [0.2, 0.25) is 0 Å². The van der Waals surface area contributed by atoms with E-state index in [1.54, 1.807) is 13.2 Å². The minimum Gasteiger partial charge on any atom is -0.496 e. The van der Waals surface area contributed by atoms with Crippen LogP contribution in [0.5, 0.6) is 5.75 Å². The average Bonchev–Trinajstić information content (AvgIpc) is 3.33. The molecule has 1 spiro atoms. The molecule has 1 N–H and O–H groups in total. The first-order chi connectivity index (χ1) is 13.0. The highest BCUT2D eigenvalue weighted by molar-refractivity contribution is 5.94. The molecule has 146 valence electrons. The highest BCUT2D eigenvalue weighted by atomic mass is 16.5. The molecule has 3 saturated heterocycles. The Morgan fingerprint density at radius 2 is 2.22 bits per heavy atom. The fourth-order valence-electron chi connectivity index (χ4n) is 5.21. The summed E-state index contributed by atoms with van der Waals surface area (Å²) in [5, 5.41) is 3.09. The summed E-state index contributed by atoms with van der Waals surface area (Å²) in [5.74, 6) is 1.50. The summed E-state index contributed by atoms with van der Waals surface area (Å²) < 4.78 is 11.6. The molecule has 4 rings (SSSR count). The van der Waals surface area contributed by atoms with E-state index in [0.29, 0.717) is 31.0 Å². The Morgan fingerprint density at radius 3 is 2.93 bits per heavy atom. The molecule has 2 bridgehead atoms. The zero-order valence-corrected chi connectivity index (χ0v) is 16.3. The van der Waals surface area contributed by atoms with Gasteiger partial charge in [-0.05, 0) is 43.5 Å². The molecule has 2 amide bonds. The Labute approximate surface area is 160 Å². The van der Waals surface area contributed by atoms with Gasteiger partial charge in [0.1, 0.15) is 5.75 Å². The van der Waals surface area contributed by atoms with Gasteiger partial charge in [0.05, 0.1) is 25.4 Å². The van der Waals surface area contributed by atoms with Crippen molar-refractivity contribution in [2.75, 3.05) is 26.7 Å². The van der Waals surface area contributed by atoms with E-state index in [-0.39, 0.29) is 29.4 Å². The number of benzene rings is 1. The summed E-state index contributed by atoms with van der Waals surface area (Å²) in [6.45, 7) is 5.89. The number of carbonyl (C=O) groups is 2. The Balaban J connectivity index is 1.42. The van der Waals surface area contributed by atoms with Gasteiger partial charge in [-0.3, -0.25) is 9.59 Å². The van der Waals surface area contributed by atoms with Gasteiger partial charge in [-0.2, -0.15) is 0 Å². The summed E-state index contributed by atoms with van der Waals surface area (Å²) >= 11 is 0. The van der Waals surface area contributed by atoms with E-state index >= 15 is 0 Å². The third-order valence-corrected chi connectivity index (χ3v) is 6.59. The maximum atomic E-state index is 12.6. The smallest absolute Gasteiger partial charge is 0.251 e. The first-order valence-corrected chi connectivity index (χ1v) is 9.86. The van der Waals surface area contributed by atoms with E-state index in [4.69, 9.17) is 9.47 Å². The van der Waals surface area contributed by atoms with Crippen molar-refractivity contribution in [3.63, 3.8) is 0 Å². The van der Waals surface area contributed by atoms with Crippen molar-refractivity contribution in [3.8, 4) is 5.75 Å². The van der Waals surface area contributed by atoms with Gasteiger partial charge >= 0.3 is 0 Å². The van der Waals surface area contributed by atoms with Crippen LogP contribution in [0.15, 0.2) is 18.2 Å². The number of aryl methyl sites for hydroxylation is 1. The van der Waals surface area contributed by atoms with Gasteiger partial charge in [-0.25, -0.2) is 0 Å². The van der Waals surface area contributed by atoms with Crippen LogP contribution in [0.25, 0.3) is 0 Å². The van der Waals surface area contributed by atoms with Gasteiger partial charge in [-0.15, -0.1) is 0 Å². The van der Waals surface area contributed by atoms with Crippen molar-refractivity contribution in [2.24, 2.45) is 11.8 Å². The number of likely N-dealkylation sites (tertiary alicyclic amines) is 1. The van der Waals surface area contributed by atoms with Crippen LogP contribution < -0.4 is 10.1 Å². The van der Waals surface area contributed by atoms with Crippen molar-refractivity contribution in [2.45, 2.75) is 44.8 Å². The lowest BCUT2D eigenvalue weighted by atomic mass is 9.73. The maximum Gasteiger partial charge on any atom is 0.251 e. The van der Waals surface area contributed by atoms with Crippen LogP contribution in [-0.2, 0) is 9.53 Å². The number of hydrogen-bond donors (Lipinski definition) is 1. The number of ether oxygens (including phenoxy) is 2. The van der Waals surface area contributed by atoms with E-state index in [9.17, 15) is 9.59 Å². The van der Waals surface area contributed by atoms with Gasteiger partial charge in [0.2, 0.25) is 5.91 Å². The average molecular weight is 372 g/mol. The maximum absolute atomic E-state index is 12.6. The molecule has 0 radical (unpaired) electrons. The van der Waals surface area contributed by atoms with Crippen LogP contribution in [0.4, 0.5) is 0 Å². The van der Waals surface area contributed by atoms with E-state index in [2.05, 4.69) is 5.32 Å². The number of fused-ring (bicyclic) bond motifs is 1. The molecule has 1 aromatic carbocycles. The van der Waals surface area contributed by atoms with Crippen LogP contribution in [-0.4, -0.2) is 55.2 Å². The monoisotopic (exact) mass is 372 g/mol.